The number of ketones is 1. The van der Waals surface area contributed by atoms with Crippen LogP contribution in [0.1, 0.15) is 59.2 Å². The fourth-order valence-corrected chi connectivity index (χ4v) is 3.71. The molecule has 3 aromatic rings. The van der Waals surface area contributed by atoms with Crippen LogP contribution in [-0.2, 0) is 12.6 Å². The molecule has 1 aromatic heterocycles. The summed E-state index contributed by atoms with van der Waals surface area (Å²) in [7, 11) is 1.35. The van der Waals surface area contributed by atoms with Crippen molar-refractivity contribution in [3.8, 4) is 5.75 Å². The van der Waals surface area contributed by atoms with Crippen molar-refractivity contribution in [3.63, 3.8) is 0 Å². The minimum absolute atomic E-state index is 0.0317. The number of nitrogens with zero attached hydrogens (tertiary/aromatic N) is 1. The van der Waals surface area contributed by atoms with Gasteiger partial charge >= 0.3 is 6.18 Å². The Morgan fingerprint density at radius 3 is 2.32 bits per heavy atom. The lowest BCUT2D eigenvalue weighted by molar-refractivity contribution is -0.137. The van der Waals surface area contributed by atoms with E-state index in [4.69, 9.17) is 4.74 Å². The second-order valence-corrected chi connectivity index (χ2v) is 8.32. The number of hydrogen-bond donors (Lipinski definition) is 1. The smallest absolute Gasteiger partial charge is 0.416 e. The van der Waals surface area contributed by atoms with Crippen molar-refractivity contribution in [2.75, 3.05) is 7.11 Å². The molecular formula is C25H24F4N2O3. The third-order valence-corrected chi connectivity index (χ3v) is 5.54. The number of benzene rings is 2. The number of carbonyl (C=O) groups excluding carboxylic acids is 1. The van der Waals surface area contributed by atoms with Crippen LogP contribution in [0.5, 0.6) is 5.75 Å². The normalized spacial score (nSPS) is 12.6. The molecule has 0 fully saturated rings. The molecule has 0 bridgehead atoms. The molecule has 5 nitrogen and oxygen atoms in total. The highest BCUT2D eigenvalue weighted by atomic mass is 19.4. The molecule has 0 saturated carbocycles. The number of carbonyl (C=O) groups is 1. The van der Waals surface area contributed by atoms with Gasteiger partial charge in [-0.3, -0.25) is 9.59 Å². The largest absolute Gasteiger partial charge is 0.494 e. The van der Waals surface area contributed by atoms with Gasteiger partial charge in [-0.2, -0.15) is 13.2 Å². The van der Waals surface area contributed by atoms with Gasteiger partial charge < -0.3 is 9.72 Å². The monoisotopic (exact) mass is 476 g/mol. The first-order valence-corrected chi connectivity index (χ1v) is 10.6. The molecule has 0 amide bonds. The van der Waals surface area contributed by atoms with Gasteiger partial charge in [0.1, 0.15) is 11.5 Å². The first-order valence-electron chi connectivity index (χ1n) is 10.6. The standard InChI is InChI=1S/C25H24F4N2O3/c1-14(2)18(16-5-7-17(8-6-16)25(27,28)29)12-21(32)20-13-24(33)31-23(30-20)11-15-4-9-22(34-3)19(26)10-15/h4-10,13-14,18H,11-12H2,1-3H3,(H,30,31,33)/t18-/m1/s1. The highest BCUT2D eigenvalue weighted by molar-refractivity contribution is 5.94. The van der Waals surface area contributed by atoms with E-state index in [1.54, 1.807) is 6.07 Å². The average Bonchev–Trinajstić information content (AvgIpc) is 2.76. The number of hydrogen-bond acceptors (Lipinski definition) is 4. The lowest BCUT2D eigenvalue weighted by Crippen LogP contribution is -2.19. The molecule has 34 heavy (non-hydrogen) atoms. The highest BCUT2D eigenvalue weighted by Gasteiger charge is 2.31. The van der Waals surface area contributed by atoms with Gasteiger partial charge in [0.25, 0.3) is 5.56 Å². The predicted octanol–water partition coefficient (Wildman–Crippen LogP) is 5.54. The number of alkyl halides is 3. The van der Waals surface area contributed by atoms with E-state index in [2.05, 4.69) is 9.97 Å². The number of aromatic nitrogens is 2. The molecule has 180 valence electrons. The van der Waals surface area contributed by atoms with E-state index >= 15 is 0 Å². The number of H-pyrrole nitrogens is 1. The van der Waals surface area contributed by atoms with E-state index in [0.717, 1.165) is 18.2 Å². The third kappa shape index (κ3) is 6.09. The van der Waals surface area contributed by atoms with Crippen molar-refractivity contribution in [3.05, 3.63) is 92.9 Å². The van der Waals surface area contributed by atoms with Crippen molar-refractivity contribution >= 4 is 5.78 Å². The van der Waals surface area contributed by atoms with Gasteiger partial charge in [0.05, 0.1) is 12.7 Å². The maximum atomic E-state index is 14.0. The number of rotatable bonds is 8. The summed E-state index contributed by atoms with van der Waals surface area (Å²) in [5, 5.41) is 0. The number of Topliss-reactive ketones (excluding diaryl/α,β-unsaturated/α-hetero) is 1. The van der Waals surface area contributed by atoms with Crippen LogP contribution in [0.2, 0.25) is 0 Å². The summed E-state index contributed by atoms with van der Waals surface area (Å²) in [5.74, 6) is -1.12. The summed E-state index contributed by atoms with van der Waals surface area (Å²) < 4.78 is 57.5. The average molecular weight is 476 g/mol. The first kappa shape index (κ1) is 25.1. The van der Waals surface area contributed by atoms with Crippen molar-refractivity contribution in [2.24, 2.45) is 5.92 Å². The Hall–Kier alpha value is -3.49. The molecular weight excluding hydrogens is 452 g/mol. The number of methoxy groups -OCH3 is 1. The molecule has 3 rings (SSSR count). The van der Waals surface area contributed by atoms with Crippen LogP contribution in [0.25, 0.3) is 0 Å². The summed E-state index contributed by atoms with van der Waals surface area (Å²) >= 11 is 0. The van der Waals surface area contributed by atoms with Gasteiger partial charge in [0.2, 0.25) is 0 Å². The highest BCUT2D eigenvalue weighted by Crippen LogP contribution is 2.33. The number of ether oxygens (including phenoxy) is 1. The zero-order chi connectivity index (χ0) is 25.0. The van der Waals surface area contributed by atoms with Crippen LogP contribution in [0, 0.1) is 11.7 Å². The first-order chi connectivity index (χ1) is 16.0. The second kappa shape index (κ2) is 10.2. The Morgan fingerprint density at radius 1 is 1.09 bits per heavy atom. The van der Waals surface area contributed by atoms with E-state index in [1.807, 2.05) is 13.8 Å². The summed E-state index contributed by atoms with van der Waals surface area (Å²) in [6.45, 7) is 3.73. The molecule has 0 aliphatic rings. The lowest BCUT2D eigenvalue weighted by Gasteiger charge is -2.21. The van der Waals surface area contributed by atoms with E-state index in [9.17, 15) is 27.2 Å². The summed E-state index contributed by atoms with van der Waals surface area (Å²) in [4.78, 5) is 31.9. The fourth-order valence-electron chi connectivity index (χ4n) is 3.71. The molecule has 0 radical (unpaired) electrons. The molecule has 0 saturated heterocycles. The van der Waals surface area contributed by atoms with Crippen LogP contribution in [-0.4, -0.2) is 22.9 Å². The summed E-state index contributed by atoms with van der Waals surface area (Å²) in [5.41, 5.74) is -0.227. The molecule has 0 spiro atoms. The Kier molecular flexibility index (Phi) is 7.54. The van der Waals surface area contributed by atoms with Crippen molar-refractivity contribution in [2.45, 2.75) is 38.8 Å². The summed E-state index contributed by atoms with van der Waals surface area (Å²) in [6.07, 6.45) is -4.39. The number of aromatic amines is 1. The molecule has 1 N–H and O–H groups in total. The summed E-state index contributed by atoms with van der Waals surface area (Å²) in [6, 6.07) is 10.1. The zero-order valence-electron chi connectivity index (χ0n) is 18.9. The van der Waals surface area contributed by atoms with E-state index in [-0.39, 0.29) is 41.9 Å². The van der Waals surface area contributed by atoms with Crippen molar-refractivity contribution in [1.29, 1.82) is 0 Å². The van der Waals surface area contributed by atoms with Gasteiger partial charge in [-0.1, -0.05) is 32.0 Å². The Balaban J connectivity index is 1.82. The number of nitrogens with one attached hydrogen (secondary N) is 1. The van der Waals surface area contributed by atoms with E-state index in [1.165, 1.54) is 31.4 Å². The van der Waals surface area contributed by atoms with E-state index < -0.39 is 28.9 Å². The predicted molar refractivity (Wildman–Crippen MR) is 119 cm³/mol. The molecule has 0 unspecified atom stereocenters. The Morgan fingerprint density at radius 2 is 1.76 bits per heavy atom. The molecule has 0 aliphatic heterocycles. The van der Waals surface area contributed by atoms with Crippen LogP contribution >= 0.6 is 0 Å². The van der Waals surface area contributed by atoms with Gasteiger partial charge in [-0.25, -0.2) is 9.37 Å². The maximum absolute atomic E-state index is 14.0. The SMILES string of the molecule is COc1ccc(Cc2nc(C(=O)C[C@@H](c3ccc(C(F)(F)F)cc3)C(C)C)cc(=O)[nH]2)cc1F. The second-order valence-electron chi connectivity index (χ2n) is 8.32. The molecule has 1 heterocycles. The molecule has 1 atom stereocenters. The van der Waals surface area contributed by atoms with Crippen molar-refractivity contribution in [1.82, 2.24) is 9.97 Å². The molecule has 9 heteroatoms. The van der Waals surface area contributed by atoms with Crippen LogP contribution in [0.4, 0.5) is 17.6 Å². The maximum Gasteiger partial charge on any atom is 0.416 e. The minimum Gasteiger partial charge on any atom is -0.494 e. The minimum atomic E-state index is -4.44. The van der Waals surface area contributed by atoms with Crippen LogP contribution in [0.3, 0.4) is 0 Å². The van der Waals surface area contributed by atoms with Gasteiger partial charge in [-0.15, -0.1) is 0 Å². The Bertz CT molecular complexity index is 1220. The molecule has 2 aromatic carbocycles. The lowest BCUT2D eigenvalue weighted by atomic mass is 9.83. The third-order valence-electron chi connectivity index (χ3n) is 5.54. The van der Waals surface area contributed by atoms with Gasteiger partial charge in [0, 0.05) is 18.9 Å². The van der Waals surface area contributed by atoms with Gasteiger partial charge in [0.15, 0.2) is 17.3 Å². The van der Waals surface area contributed by atoms with Crippen LogP contribution in [0.15, 0.2) is 53.3 Å². The topological polar surface area (TPSA) is 72.0 Å². The Labute approximate surface area is 193 Å². The fraction of sp³-hybridized carbons (Fsp3) is 0.320. The van der Waals surface area contributed by atoms with E-state index in [0.29, 0.717) is 11.1 Å². The zero-order valence-corrected chi connectivity index (χ0v) is 18.9. The van der Waals surface area contributed by atoms with Crippen molar-refractivity contribution < 1.29 is 27.1 Å². The van der Waals surface area contributed by atoms with Gasteiger partial charge in [-0.05, 0) is 47.2 Å². The molecule has 0 aliphatic carbocycles. The number of halogens is 4. The quantitative estimate of drug-likeness (QED) is 0.342. The van der Waals surface area contributed by atoms with Crippen LogP contribution < -0.4 is 10.3 Å².